The molecule has 2 atom stereocenters. The molecule has 1 aromatic carbocycles. The number of carbonyl (C=O) groups is 1. The number of piperidine rings is 1. The number of ether oxygens (including phenoxy) is 1. The summed E-state index contributed by atoms with van der Waals surface area (Å²) in [5, 5.41) is 0. The summed E-state index contributed by atoms with van der Waals surface area (Å²) in [6.07, 6.45) is 5.83. The first-order valence-electron chi connectivity index (χ1n) is 9.09. The number of pyridine rings is 1. The van der Waals surface area contributed by atoms with E-state index in [1.54, 1.807) is 6.20 Å². The van der Waals surface area contributed by atoms with Gasteiger partial charge < -0.3 is 9.64 Å². The van der Waals surface area contributed by atoms with Gasteiger partial charge in [0.25, 0.3) is 5.91 Å². The number of aryl methyl sites for hydroxylation is 2. The fourth-order valence-corrected chi connectivity index (χ4v) is 4.17. The third-order valence-electron chi connectivity index (χ3n) is 5.60. The minimum atomic E-state index is 0.149. The normalized spacial score (nSPS) is 25.0. The molecule has 2 aromatic rings. The van der Waals surface area contributed by atoms with Gasteiger partial charge in [-0.05, 0) is 56.0 Å². The van der Waals surface area contributed by atoms with E-state index in [9.17, 15) is 4.79 Å². The maximum absolute atomic E-state index is 13.1. The molecular weight excluding hydrogens is 312 g/mol. The van der Waals surface area contributed by atoms with E-state index in [1.807, 2.05) is 36.4 Å². The Morgan fingerprint density at radius 3 is 2.48 bits per heavy atom. The Morgan fingerprint density at radius 2 is 1.84 bits per heavy atom. The lowest BCUT2D eigenvalue weighted by molar-refractivity contribution is 0.0348. The molecule has 2 saturated heterocycles. The smallest absolute Gasteiger partial charge is 0.254 e. The number of hydrogen-bond donors (Lipinski definition) is 0. The van der Waals surface area contributed by atoms with Gasteiger partial charge in [-0.3, -0.25) is 4.79 Å². The largest absolute Gasteiger partial charge is 0.474 e. The van der Waals surface area contributed by atoms with Crippen LogP contribution in [0.3, 0.4) is 0 Å². The van der Waals surface area contributed by atoms with Gasteiger partial charge in [0, 0.05) is 42.8 Å². The Hall–Kier alpha value is -2.36. The van der Waals surface area contributed by atoms with Crippen molar-refractivity contribution < 1.29 is 9.53 Å². The van der Waals surface area contributed by atoms with E-state index in [1.165, 1.54) is 11.1 Å². The van der Waals surface area contributed by atoms with Crippen LogP contribution < -0.4 is 4.74 Å². The fraction of sp³-hybridized carbons (Fsp3) is 0.429. The summed E-state index contributed by atoms with van der Waals surface area (Å²) in [6, 6.07) is 12.3. The number of carbonyl (C=O) groups excluding carboxylic acids is 1. The second-order valence-electron chi connectivity index (χ2n) is 7.28. The molecule has 0 aliphatic carbocycles. The third-order valence-corrected chi connectivity index (χ3v) is 5.60. The van der Waals surface area contributed by atoms with E-state index in [0.29, 0.717) is 5.88 Å². The number of aromatic nitrogens is 1. The number of rotatable bonds is 3. The molecule has 2 aliphatic heterocycles. The van der Waals surface area contributed by atoms with Crippen LogP contribution >= 0.6 is 0 Å². The Labute approximate surface area is 148 Å². The highest BCUT2D eigenvalue weighted by molar-refractivity contribution is 5.95. The summed E-state index contributed by atoms with van der Waals surface area (Å²) in [4.78, 5) is 19.4. The van der Waals surface area contributed by atoms with Gasteiger partial charge in [0.1, 0.15) is 6.10 Å². The monoisotopic (exact) mass is 336 g/mol. The van der Waals surface area contributed by atoms with Crippen LogP contribution in [0.2, 0.25) is 0 Å². The molecule has 2 aliphatic rings. The predicted octanol–water partition coefficient (Wildman–Crippen LogP) is 3.91. The number of hydrogen-bond acceptors (Lipinski definition) is 3. The highest BCUT2D eigenvalue weighted by Crippen LogP contribution is 2.38. The van der Waals surface area contributed by atoms with E-state index in [4.69, 9.17) is 4.74 Å². The van der Waals surface area contributed by atoms with Crippen LogP contribution in [0.4, 0.5) is 0 Å². The van der Waals surface area contributed by atoms with Gasteiger partial charge >= 0.3 is 0 Å². The molecule has 4 heteroatoms. The average molecular weight is 336 g/mol. The molecule has 0 N–H and O–H groups in total. The summed E-state index contributed by atoms with van der Waals surface area (Å²) >= 11 is 0. The Bertz CT molecular complexity index is 761. The van der Waals surface area contributed by atoms with Gasteiger partial charge in [0.05, 0.1) is 0 Å². The molecule has 2 unspecified atom stereocenters. The lowest BCUT2D eigenvalue weighted by Gasteiger charge is -2.38. The number of benzene rings is 1. The molecule has 4 rings (SSSR count). The van der Waals surface area contributed by atoms with Crippen LogP contribution in [0.1, 0.15) is 47.2 Å². The van der Waals surface area contributed by atoms with Crippen molar-refractivity contribution in [2.24, 2.45) is 0 Å². The molecule has 25 heavy (non-hydrogen) atoms. The van der Waals surface area contributed by atoms with E-state index in [2.05, 4.69) is 23.7 Å². The lowest BCUT2D eigenvalue weighted by atomic mass is 9.97. The maximum Gasteiger partial charge on any atom is 0.254 e. The van der Waals surface area contributed by atoms with Crippen molar-refractivity contribution >= 4 is 5.91 Å². The highest BCUT2D eigenvalue weighted by Gasteiger charge is 2.44. The molecule has 1 aromatic heterocycles. The van der Waals surface area contributed by atoms with Gasteiger partial charge in [-0.15, -0.1) is 0 Å². The lowest BCUT2D eigenvalue weighted by Crippen LogP contribution is -2.49. The van der Waals surface area contributed by atoms with Gasteiger partial charge in [0.15, 0.2) is 0 Å². The Balaban J connectivity index is 1.48. The first-order valence-corrected chi connectivity index (χ1v) is 9.09. The standard InChI is InChI=1S/C21H24N2O2/c1-14-6-7-16(11-15(14)2)21(24)23-17-8-9-18(23)13-19(12-17)25-20-5-3-4-10-22-20/h3-7,10-11,17-19H,8-9,12-13H2,1-2H3. The van der Waals surface area contributed by atoms with Gasteiger partial charge in [0.2, 0.25) is 5.88 Å². The zero-order valence-corrected chi connectivity index (χ0v) is 14.8. The first-order chi connectivity index (χ1) is 12.1. The van der Waals surface area contributed by atoms with Crippen LogP contribution in [0.15, 0.2) is 42.6 Å². The predicted molar refractivity (Wildman–Crippen MR) is 96.8 cm³/mol. The fourth-order valence-electron chi connectivity index (χ4n) is 4.17. The van der Waals surface area contributed by atoms with E-state index >= 15 is 0 Å². The maximum atomic E-state index is 13.1. The van der Waals surface area contributed by atoms with Crippen LogP contribution in [0, 0.1) is 13.8 Å². The first kappa shape index (κ1) is 16.1. The minimum Gasteiger partial charge on any atom is -0.474 e. The summed E-state index contributed by atoms with van der Waals surface area (Å²) in [5.74, 6) is 0.854. The SMILES string of the molecule is Cc1ccc(C(=O)N2C3CCC2CC(Oc2ccccn2)C3)cc1C. The molecule has 0 saturated carbocycles. The van der Waals surface area contributed by atoms with Gasteiger partial charge in [-0.25, -0.2) is 4.98 Å². The molecule has 130 valence electrons. The van der Waals surface area contributed by atoms with Crippen LogP contribution in [0.25, 0.3) is 0 Å². The molecule has 4 nitrogen and oxygen atoms in total. The van der Waals surface area contributed by atoms with Crippen molar-refractivity contribution in [3.05, 3.63) is 59.3 Å². The van der Waals surface area contributed by atoms with E-state index < -0.39 is 0 Å². The summed E-state index contributed by atoms with van der Waals surface area (Å²) in [7, 11) is 0. The van der Waals surface area contributed by atoms with Crippen molar-refractivity contribution in [2.45, 2.75) is 57.7 Å². The summed E-state index contributed by atoms with van der Waals surface area (Å²) in [6.45, 7) is 4.14. The van der Waals surface area contributed by atoms with Crippen molar-refractivity contribution in [1.29, 1.82) is 0 Å². The summed E-state index contributed by atoms with van der Waals surface area (Å²) in [5.41, 5.74) is 3.21. The average Bonchev–Trinajstić information content (AvgIpc) is 2.88. The van der Waals surface area contributed by atoms with Crippen molar-refractivity contribution in [3.63, 3.8) is 0 Å². The number of fused-ring (bicyclic) bond motifs is 2. The second kappa shape index (κ2) is 6.51. The van der Waals surface area contributed by atoms with Crippen LogP contribution in [-0.2, 0) is 0 Å². The molecule has 3 heterocycles. The van der Waals surface area contributed by atoms with E-state index in [0.717, 1.165) is 31.2 Å². The third kappa shape index (κ3) is 3.13. The minimum absolute atomic E-state index is 0.149. The molecular formula is C21H24N2O2. The molecule has 0 spiro atoms. The summed E-state index contributed by atoms with van der Waals surface area (Å²) < 4.78 is 6.06. The highest BCUT2D eigenvalue weighted by atomic mass is 16.5. The topological polar surface area (TPSA) is 42.4 Å². The van der Waals surface area contributed by atoms with Crippen LogP contribution in [-0.4, -0.2) is 34.0 Å². The van der Waals surface area contributed by atoms with Crippen molar-refractivity contribution in [1.82, 2.24) is 9.88 Å². The number of amides is 1. The Kier molecular flexibility index (Phi) is 4.20. The van der Waals surface area contributed by atoms with Crippen molar-refractivity contribution in [3.8, 4) is 5.88 Å². The molecule has 1 amide bonds. The van der Waals surface area contributed by atoms with E-state index in [-0.39, 0.29) is 24.1 Å². The van der Waals surface area contributed by atoms with Gasteiger partial charge in [-0.1, -0.05) is 12.1 Å². The zero-order chi connectivity index (χ0) is 17.4. The van der Waals surface area contributed by atoms with Crippen LogP contribution in [0.5, 0.6) is 5.88 Å². The molecule has 0 radical (unpaired) electrons. The van der Waals surface area contributed by atoms with Gasteiger partial charge in [-0.2, -0.15) is 0 Å². The Morgan fingerprint density at radius 1 is 1.08 bits per heavy atom. The van der Waals surface area contributed by atoms with Crippen molar-refractivity contribution in [2.75, 3.05) is 0 Å². The number of nitrogens with zero attached hydrogens (tertiary/aromatic N) is 2. The zero-order valence-electron chi connectivity index (χ0n) is 14.8. The molecule has 2 bridgehead atoms. The quantitative estimate of drug-likeness (QED) is 0.853. The molecule has 2 fully saturated rings. The second-order valence-corrected chi connectivity index (χ2v) is 7.28.